The van der Waals surface area contributed by atoms with E-state index < -0.39 is 17.6 Å². The van der Waals surface area contributed by atoms with Crippen LogP contribution in [-0.4, -0.2) is 35.1 Å². The van der Waals surface area contributed by atoms with Crippen LogP contribution in [0.4, 0.5) is 13.2 Å². The SMILES string of the molecule is CCOc1ccc(CCNC(=O)c2c(CC)nc3ccc(C(F)(F)F)cn23)cc1OCC. The molecule has 0 fully saturated rings. The maximum Gasteiger partial charge on any atom is 0.417 e. The molecule has 0 unspecified atom stereocenters. The highest BCUT2D eigenvalue weighted by molar-refractivity contribution is 5.94. The van der Waals surface area contributed by atoms with Crippen LogP contribution in [0.1, 0.15) is 48.1 Å². The molecular formula is C23H26F3N3O3. The predicted molar refractivity (Wildman–Crippen MR) is 114 cm³/mol. The molecule has 172 valence electrons. The van der Waals surface area contributed by atoms with Gasteiger partial charge in [0.05, 0.1) is 24.5 Å². The van der Waals surface area contributed by atoms with Gasteiger partial charge in [0.15, 0.2) is 11.5 Å². The van der Waals surface area contributed by atoms with Crippen molar-refractivity contribution in [3.8, 4) is 11.5 Å². The van der Waals surface area contributed by atoms with Crippen molar-refractivity contribution in [2.24, 2.45) is 0 Å². The molecule has 3 rings (SSSR count). The first-order chi connectivity index (χ1) is 15.3. The first kappa shape index (κ1) is 23.4. The standard InChI is InChI=1S/C23H26F3N3O3/c1-4-17-21(29-14-16(23(24,25)26)8-10-20(29)28-17)22(30)27-12-11-15-7-9-18(31-5-2)19(13-15)32-6-3/h7-10,13-14H,4-6,11-12H2,1-3H3,(H,27,30). The molecule has 0 atom stereocenters. The smallest absolute Gasteiger partial charge is 0.417 e. The Labute approximate surface area is 184 Å². The fraction of sp³-hybridized carbons (Fsp3) is 0.391. The van der Waals surface area contributed by atoms with Crippen LogP contribution < -0.4 is 14.8 Å². The first-order valence-electron chi connectivity index (χ1n) is 10.5. The highest BCUT2D eigenvalue weighted by Gasteiger charge is 2.31. The number of pyridine rings is 1. The van der Waals surface area contributed by atoms with Crippen molar-refractivity contribution in [2.75, 3.05) is 19.8 Å². The number of nitrogens with one attached hydrogen (secondary N) is 1. The summed E-state index contributed by atoms with van der Waals surface area (Å²) in [6.45, 7) is 6.89. The monoisotopic (exact) mass is 449 g/mol. The maximum absolute atomic E-state index is 13.1. The van der Waals surface area contributed by atoms with Gasteiger partial charge in [0.2, 0.25) is 0 Å². The molecule has 9 heteroatoms. The second-order valence-corrected chi connectivity index (χ2v) is 7.06. The summed E-state index contributed by atoms with van der Waals surface area (Å²) in [5, 5.41) is 2.80. The van der Waals surface area contributed by atoms with E-state index in [4.69, 9.17) is 9.47 Å². The summed E-state index contributed by atoms with van der Waals surface area (Å²) in [5.74, 6) is 0.818. The molecule has 1 N–H and O–H groups in total. The zero-order valence-corrected chi connectivity index (χ0v) is 18.3. The molecule has 1 amide bonds. The molecule has 2 aromatic heterocycles. The molecule has 6 nitrogen and oxygen atoms in total. The number of imidazole rings is 1. The molecule has 1 aromatic carbocycles. The fourth-order valence-corrected chi connectivity index (χ4v) is 3.40. The third kappa shape index (κ3) is 5.15. The summed E-state index contributed by atoms with van der Waals surface area (Å²) in [4.78, 5) is 17.2. The van der Waals surface area contributed by atoms with E-state index in [0.717, 1.165) is 17.8 Å². The number of ether oxygens (including phenoxy) is 2. The molecule has 0 saturated carbocycles. The van der Waals surface area contributed by atoms with Crippen LogP contribution in [-0.2, 0) is 19.0 Å². The largest absolute Gasteiger partial charge is 0.490 e. The number of hydrogen-bond acceptors (Lipinski definition) is 4. The molecule has 0 aliphatic rings. The Bertz CT molecular complexity index is 1090. The number of aryl methyl sites for hydroxylation is 1. The van der Waals surface area contributed by atoms with E-state index in [0.29, 0.717) is 55.4 Å². The highest BCUT2D eigenvalue weighted by atomic mass is 19.4. The summed E-state index contributed by atoms with van der Waals surface area (Å²) in [5.41, 5.74) is 0.965. The van der Waals surface area contributed by atoms with Gasteiger partial charge in [0, 0.05) is 12.7 Å². The molecule has 0 aliphatic carbocycles. The van der Waals surface area contributed by atoms with Crippen LogP contribution in [0.3, 0.4) is 0 Å². The zero-order chi connectivity index (χ0) is 23.3. The number of fused-ring (bicyclic) bond motifs is 1. The summed E-state index contributed by atoms with van der Waals surface area (Å²) >= 11 is 0. The summed E-state index contributed by atoms with van der Waals surface area (Å²) in [7, 11) is 0. The minimum atomic E-state index is -4.51. The number of amides is 1. The van der Waals surface area contributed by atoms with Gasteiger partial charge in [-0.25, -0.2) is 4.98 Å². The lowest BCUT2D eigenvalue weighted by molar-refractivity contribution is -0.137. The van der Waals surface area contributed by atoms with Gasteiger partial charge in [-0.15, -0.1) is 0 Å². The minimum absolute atomic E-state index is 0.121. The van der Waals surface area contributed by atoms with Crippen molar-refractivity contribution in [1.29, 1.82) is 0 Å². The first-order valence-corrected chi connectivity index (χ1v) is 10.5. The number of halogens is 3. The third-order valence-corrected chi connectivity index (χ3v) is 4.88. The van der Waals surface area contributed by atoms with Crippen molar-refractivity contribution in [3.05, 3.63) is 59.0 Å². The number of nitrogens with zero attached hydrogens (tertiary/aromatic N) is 2. The van der Waals surface area contributed by atoms with E-state index in [2.05, 4.69) is 10.3 Å². The summed E-state index contributed by atoms with van der Waals surface area (Å²) in [6, 6.07) is 7.81. The number of aromatic nitrogens is 2. The Morgan fingerprint density at radius 2 is 1.78 bits per heavy atom. The second kappa shape index (κ2) is 9.93. The van der Waals surface area contributed by atoms with Crippen LogP contribution in [0.2, 0.25) is 0 Å². The average Bonchev–Trinajstić information content (AvgIpc) is 3.13. The predicted octanol–water partition coefficient (Wildman–Crippen LogP) is 4.69. The van der Waals surface area contributed by atoms with Gasteiger partial charge >= 0.3 is 6.18 Å². The normalized spacial score (nSPS) is 11.6. The lowest BCUT2D eigenvalue weighted by Gasteiger charge is -2.13. The van der Waals surface area contributed by atoms with Gasteiger partial charge in [0.25, 0.3) is 5.91 Å². The Kier molecular flexibility index (Phi) is 7.27. The molecule has 3 aromatic rings. The Morgan fingerprint density at radius 3 is 2.44 bits per heavy atom. The Morgan fingerprint density at radius 1 is 1.06 bits per heavy atom. The van der Waals surface area contributed by atoms with Crippen LogP contribution >= 0.6 is 0 Å². The van der Waals surface area contributed by atoms with Crippen LogP contribution in [0.25, 0.3) is 5.65 Å². The van der Waals surface area contributed by atoms with Gasteiger partial charge < -0.3 is 14.8 Å². The van der Waals surface area contributed by atoms with Crippen molar-refractivity contribution < 1.29 is 27.4 Å². The molecule has 0 bridgehead atoms. The van der Waals surface area contributed by atoms with Crippen LogP contribution in [0.5, 0.6) is 11.5 Å². The lowest BCUT2D eigenvalue weighted by Crippen LogP contribution is -2.28. The molecule has 0 aliphatic heterocycles. The Balaban J connectivity index is 1.77. The van der Waals surface area contributed by atoms with E-state index in [-0.39, 0.29) is 5.69 Å². The summed E-state index contributed by atoms with van der Waals surface area (Å²) < 4.78 is 51.8. The zero-order valence-electron chi connectivity index (χ0n) is 18.3. The van der Waals surface area contributed by atoms with Gasteiger partial charge in [0.1, 0.15) is 11.3 Å². The molecule has 0 saturated heterocycles. The number of carbonyl (C=O) groups is 1. The number of benzene rings is 1. The van der Waals surface area contributed by atoms with Gasteiger partial charge in [-0.05, 0) is 56.5 Å². The lowest BCUT2D eigenvalue weighted by atomic mass is 10.1. The molecular weight excluding hydrogens is 423 g/mol. The molecule has 32 heavy (non-hydrogen) atoms. The number of alkyl halides is 3. The van der Waals surface area contributed by atoms with E-state index >= 15 is 0 Å². The van der Waals surface area contributed by atoms with Gasteiger partial charge in [-0.1, -0.05) is 13.0 Å². The topological polar surface area (TPSA) is 64.9 Å². The minimum Gasteiger partial charge on any atom is -0.490 e. The van der Waals surface area contributed by atoms with Crippen molar-refractivity contribution in [1.82, 2.24) is 14.7 Å². The van der Waals surface area contributed by atoms with Crippen molar-refractivity contribution >= 4 is 11.6 Å². The molecule has 0 radical (unpaired) electrons. The quantitative estimate of drug-likeness (QED) is 0.515. The van der Waals surface area contributed by atoms with Gasteiger partial charge in [-0.2, -0.15) is 13.2 Å². The van der Waals surface area contributed by atoms with Crippen molar-refractivity contribution in [2.45, 2.75) is 39.8 Å². The Hall–Kier alpha value is -3.23. The number of rotatable bonds is 9. The van der Waals surface area contributed by atoms with E-state index in [1.54, 1.807) is 6.92 Å². The third-order valence-electron chi connectivity index (χ3n) is 4.88. The van der Waals surface area contributed by atoms with E-state index in [1.807, 2.05) is 32.0 Å². The number of hydrogen-bond donors (Lipinski definition) is 1. The maximum atomic E-state index is 13.1. The fourth-order valence-electron chi connectivity index (χ4n) is 3.40. The van der Waals surface area contributed by atoms with Crippen molar-refractivity contribution in [3.63, 3.8) is 0 Å². The molecule has 0 spiro atoms. The summed E-state index contributed by atoms with van der Waals surface area (Å²) in [6.07, 6.45) is -2.66. The van der Waals surface area contributed by atoms with Gasteiger partial charge in [-0.3, -0.25) is 9.20 Å². The number of carbonyl (C=O) groups excluding carboxylic acids is 1. The average molecular weight is 449 g/mol. The van der Waals surface area contributed by atoms with Crippen LogP contribution in [0, 0.1) is 0 Å². The van der Waals surface area contributed by atoms with E-state index in [1.165, 1.54) is 10.5 Å². The molecule has 2 heterocycles. The highest BCUT2D eigenvalue weighted by Crippen LogP contribution is 2.30. The second-order valence-electron chi connectivity index (χ2n) is 7.06. The van der Waals surface area contributed by atoms with E-state index in [9.17, 15) is 18.0 Å². The van der Waals surface area contributed by atoms with Crippen LogP contribution in [0.15, 0.2) is 36.5 Å².